The number of nitrogens with zero attached hydrogens (tertiary/aromatic N) is 1. The molecule has 1 aliphatic heterocycles. The van der Waals surface area contributed by atoms with Gasteiger partial charge < -0.3 is 24.8 Å². The average molecular weight is 845 g/mol. The number of rotatable bonds is 11. The van der Waals surface area contributed by atoms with E-state index in [2.05, 4.69) is 66.3 Å². The van der Waals surface area contributed by atoms with Crippen LogP contribution in [-0.2, 0) is 20.9 Å². The monoisotopic (exact) mass is 844 g/mol. The fraction of sp³-hybridized carbons (Fsp3) is 0.200. The molecule has 224 valence electrons. The zero-order valence-electron chi connectivity index (χ0n) is 23.1. The predicted octanol–water partition coefficient (Wildman–Crippen LogP) is 6.01. The summed E-state index contributed by atoms with van der Waals surface area (Å²) in [6.07, 6.45) is 1.53. The number of halogens is 3. The van der Waals surface area contributed by atoms with E-state index in [4.69, 9.17) is 38.0 Å². The Labute approximate surface area is 287 Å². The molecule has 43 heavy (non-hydrogen) atoms. The van der Waals surface area contributed by atoms with Crippen molar-refractivity contribution in [2.75, 3.05) is 13.2 Å². The minimum atomic E-state index is -0.626. The number of carbonyl (C=O) groups is 2. The normalized spacial score (nSPS) is 14.6. The molecular formula is C30H27ClI2N4O5S. The smallest absolute Gasteiger partial charge is 0.338 e. The molecule has 4 rings (SSSR count). The van der Waals surface area contributed by atoms with Crippen LogP contribution in [0.5, 0.6) is 11.5 Å². The van der Waals surface area contributed by atoms with Crippen molar-refractivity contribution in [1.29, 1.82) is 0 Å². The van der Waals surface area contributed by atoms with Crippen LogP contribution < -0.4 is 25.5 Å². The van der Waals surface area contributed by atoms with E-state index in [1.54, 1.807) is 38.1 Å². The van der Waals surface area contributed by atoms with Gasteiger partial charge in [0.25, 0.3) is 5.91 Å². The minimum Gasteiger partial charge on any atom is -0.487 e. The number of esters is 1. The predicted molar refractivity (Wildman–Crippen MR) is 186 cm³/mol. The molecule has 0 aromatic heterocycles. The van der Waals surface area contributed by atoms with E-state index >= 15 is 0 Å². The number of para-hydroxylation sites is 1. The summed E-state index contributed by atoms with van der Waals surface area (Å²) in [5.41, 5.74) is 5.71. The van der Waals surface area contributed by atoms with Gasteiger partial charge in [-0.15, -0.1) is 0 Å². The maximum absolute atomic E-state index is 12.8. The highest BCUT2D eigenvalue weighted by atomic mass is 127. The van der Waals surface area contributed by atoms with Gasteiger partial charge in [-0.1, -0.05) is 41.9 Å². The molecule has 1 amide bonds. The molecule has 0 fully saturated rings. The topological polar surface area (TPSA) is 110 Å². The summed E-state index contributed by atoms with van der Waals surface area (Å²) in [7, 11) is 0. The molecule has 0 saturated heterocycles. The van der Waals surface area contributed by atoms with Crippen LogP contribution in [0.4, 0.5) is 0 Å². The van der Waals surface area contributed by atoms with Crippen LogP contribution in [0.2, 0.25) is 5.02 Å². The Morgan fingerprint density at radius 3 is 2.67 bits per heavy atom. The summed E-state index contributed by atoms with van der Waals surface area (Å²) in [6, 6.07) is 17.8. The molecule has 1 atom stereocenters. The van der Waals surface area contributed by atoms with E-state index in [-0.39, 0.29) is 13.2 Å². The van der Waals surface area contributed by atoms with Crippen molar-refractivity contribution >= 4 is 92.2 Å². The molecule has 3 N–H and O–H groups in total. The fourth-order valence-corrected chi connectivity index (χ4v) is 6.75. The molecule has 1 aliphatic rings. The van der Waals surface area contributed by atoms with Gasteiger partial charge in [-0.25, -0.2) is 10.2 Å². The van der Waals surface area contributed by atoms with E-state index in [9.17, 15) is 9.59 Å². The summed E-state index contributed by atoms with van der Waals surface area (Å²) in [6.45, 7) is 3.72. The van der Waals surface area contributed by atoms with Crippen molar-refractivity contribution in [3.05, 3.63) is 101 Å². The van der Waals surface area contributed by atoms with Gasteiger partial charge in [-0.3, -0.25) is 4.79 Å². The molecule has 0 spiro atoms. The van der Waals surface area contributed by atoms with Gasteiger partial charge in [0, 0.05) is 25.4 Å². The minimum absolute atomic E-state index is 0.225. The zero-order chi connectivity index (χ0) is 30.9. The largest absolute Gasteiger partial charge is 0.487 e. The molecule has 0 saturated carbocycles. The van der Waals surface area contributed by atoms with E-state index < -0.39 is 17.9 Å². The molecular weight excluding hydrogens is 818 g/mol. The van der Waals surface area contributed by atoms with Gasteiger partial charge in [0.2, 0.25) is 0 Å². The fourth-order valence-electron chi connectivity index (χ4n) is 4.22. The van der Waals surface area contributed by atoms with Crippen molar-refractivity contribution in [2.24, 2.45) is 5.10 Å². The second-order valence-corrected chi connectivity index (χ2v) is 12.4. The highest BCUT2D eigenvalue weighted by Crippen LogP contribution is 2.34. The number of hydrogen-bond acceptors (Lipinski definition) is 7. The van der Waals surface area contributed by atoms with Crippen LogP contribution in [0.25, 0.3) is 0 Å². The molecule has 1 heterocycles. The Hall–Kier alpha value is -2.95. The number of nitrogens with one attached hydrogen (secondary N) is 3. The van der Waals surface area contributed by atoms with Gasteiger partial charge in [-0.2, -0.15) is 5.10 Å². The van der Waals surface area contributed by atoms with Crippen LogP contribution in [0.3, 0.4) is 0 Å². The standard InChI is InChI=1S/C30H27ClI2N4O5S/c1-3-40-29(39)26-17(2)35-30(43)36-27(26)22-9-4-5-10-24(22)41-16-25(38)37-34-14-19-12-21(32)13-23(33)28(19)42-15-18-7-6-8-20(31)11-18/h4-14,27H,3,15-16H2,1-2H3,(H,37,38)(H2,35,36,43)/t27-/m1/s1. The molecule has 3 aromatic rings. The van der Waals surface area contributed by atoms with E-state index in [0.717, 1.165) is 12.7 Å². The second kappa shape index (κ2) is 15.7. The summed E-state index contributed by atoms with van der Waals surface area (Å²) >= 11 is 15.9. The van der Waals surface area contributed by atoms with Gasteiger partial charge in [0.05, 0.1) is 28.0 Å². The summed E-state index contributed by atoms with van der Waals surface area (Å²) < 4.78 is 19.1. The third kappa shape index (κ3) is 9.03. The Bertz CT molecular complexity index is 1600. The van der Waals surface area contributed by atoms with Gasteiger partial charge >= 0.3 is 5.97 Å². The van der Waals surface area contributed by atoms with Crippen molar-refractivity contribution in [1.82, 2.24) is 16.1 Å². The second-order valence-electron chi connectivity index (χ2n) is 9.13. The third-order valence-electron chi connectivity index (χ3n) is 6.06. The molecule has 13 heteroatoms. The van der Waals surface area contributed by atoms with Crippen molar-refractivity contribution in [3.63, 3.8) is 0 Å². The van der Waals surface area contributed by atoms with E-state index in [0.29, 0.717) is 50.6 Å². The Morgan fingerprint density at radius 1 is 1.12 bits per heavy atom. The van der Waals surface area contributed by atoms with Crippen molar-refractivity contribution in [2.45, 2.75) is 26.5 Å². The molecule has 9 nitrogen and oxygen atoms in total. The number of carbonyl (C=O) groups excluding carboxylic acids is 2. The van der Waals surface area contributed by atoms with E-state index in [1.807, 2.05) is 36.4 Å². The summed E-state index contributed by atoms with van der Waals surface area (Å²) in [5.74, 6) is 0.0917. The van der Waals surface area contributed by atoms with Gasteiger partial charge in [0.15, 0.2) is 11.7 Å². The number of hydrogen-bond donors (Lipinski definition) is 3. The Morgan fingerprint density at radius 2 is 1.91 bits per heavy atom. The first-order valence-electron chi connectivity index (χ1n) is 13.0. The number of thiocarbonyl (C=S) groups is 1. The zero-order valence-corrected chi connectivity index (χ0v) is 29.0. The first-order chi connectivity index (χ1) is 20.7. The molecule has 0 radical (unpaired) electrons. The first-order valence-corrected chi connectivity index (χ1v) is 16.0. The Kier molecular flexibility index (Phi) is 12.0. The highest BCUT2D eigenvalue weighted by molar-refractivity contribution is 14.1. The van der Waals surface area contributed by atoms with Crippen LogP contribution in [-0.4, -0.2) is 36.4 Å². The number of ether oxygens (including phenoxy) is 3. The van der Waals surface area contributed by atoms with Crippen LogP contribution in [0, 0.1) is 7.14 Å². The van der Waals surface area contributed by atoms with Crippen LogP contribution in [0.15, 0.2) is 77.0 Å². The SMILES string of the molecule is CCOC(=O)C1=C(C)NC(=S)N[C@@H]1c1ccccc1OCC(=O)NN=Cc1cc(I)cc(I)c1OCc1cccc(Cl)c1. The van der Waals surface area contributed by atoms with Crippen molar-refractivity contribution in [3.8, 4) is 11.5 Å². The molecule has 3 aromatic carbocycles. The number of hydrazone groups is 1. The lowest BCUT2D eigenvalue weighted by Crippen LogP contribution is -2.45. The first kappa shape index (κ1) is 33.0. The Balaban J connectivity index is 1.44. The molecule has 0 aliphatic carbocycles. The maximum Gasteiger partial charge on any atom is 0.338 e. The quantitative estimate of drug-likeness (QED) is 0.0709. The van der Waals surface area contributed by atoms with Crippen LogP contribution in [0.1, 0.15) is 36.6 Å². The maximum atomic E-state index is 12.8. The number of allylic oxidation sites excluding steroid dienone is 1. The molecule has 0 unspecified atom stereocenters. The summed E-state index contributed by atoms with van der Waals surface area (Å²) in [4.78, 5) is 25.5. The number of amides is 1. The third-order valence-corrected chi connectivity index (χ3v) is 7.93. The van der Waals surface area contributed by atoms with Gasteiger partial charge in [-0.05, 0) is 107 Å². The average Bonchev–Trinajstić information content (AvgIpc) is 2.95. The van der Waals surface area contributed by atoms with Gasteiger partial charge in [0.1, 0.15) is 18.1 Å². The summed E-state index contributed by atoms with van der Waals surface area (Å²) in [5, 5.41) is 11.2. The highest BCUT2D eigenvalue weighted by Gasteiger charge is 2.32. The lowest BCUT2D eigenvalue weighted by Gasteiger charge is -2.30. The molecule has 0 bridgehead atoms. The number of benzene rings is 3. The van der Waals surface area contributed by atoms with Crippen molar-refractivity contribution < 1.29 is 23.8 Å². The lowest BCUT2D eigenvalue weighted by atomic mass is 9.95. The van der Waals surface area contributed by atoms with E-state index in [1.165, 1.54) is 6.21 Å². The van der Waals surface area contributed by atoms with Crippen LogP contribution >= 0.6 is 69.0 Å². The lowest BCUT2D eigenvalue weighted by molar-refractivity contribution is -0.139.